The summed E-state index contributed by atoms with van der Waals surface area (Å²) in [5.74, 6) is 1.74. The average Bonchev–Trinajstić information content (AvgIpc) is 3.28. The van der Waals surface area contributed by atoms with Gasteiger partial charge < -0.3 is 19.3 Å². The molecule has 0 spiro atoms. The van der Waals surface area contributed by atoms with Crippen LogP contribution in [0.4, 0.5) is 0 Å². The largest absolute Gasteiger partial charge is 0.454 e. The van der Waals surface area contributed by atoms with Gasteiger partial charge in [-0.25, -0.2) is 0 Å². The van der Waals surface area contributed by atoms with Gasteiger partial charge in [0.1, 0.15) is 0 Å². The van der Waals surface area contributed by atoms with E-state index in [0.29, 0.717) is 31.3 Å². The monoisotopic (exact) mass is 342 g/mol. The third kappa shape index (κ3) is 3.34. The Balaban J connectivity index is 1.32. The minimum Gasteiger partial charge on any atom is -0.454 e. The van der Waals surface area contributed by atoms with E-state index in [9.17, 15) is 9.59 Å². The van der Waals surface area contributed by atoms with E-state index < -0.39 is 0 Å². The molecule has 2 saturated heterocycles. The summed E-state index contributed by atoms with van der Waals surface area (Å²) in [6.45, 7) is 2.54. The smallest absolute Gasteiger partial charge is 0.246 e. The first-order valence-corrected chi connectivity index (χ1v) is 8.87. The number of piperidine rings is 1. The molecule has 3 aliphatic heterocycles. The van der Waals surface area contributed by atoms with Crippen LogP contribution in [0.15, 0.2) is 24.3 Å². The summed E-state index contributed by atoms with van der Waals surface area (Å²) in [6.07, 6.45) is 6.80. The van der Waals surface area contributed by atoms with Crippen molar-refractivity contribution in [2.24, 2.45) is 0 Å². The SMILES string of the molecule is O=C(/C=C/c1ccc2c(c1)OCO2)N1CCC(N2CCCC2=O)CC1. The number of amides is 2. The van der Waals surface area contributed by atoms with Crippen molar-refractivity contribution in [2.45, 2.75) is 31.7 Å². The van der Waals surface area contributed by atoms with E-state index >= 15 is 0 Å². The number of carbonyl (C=O) groups excluding carboxylic acids is 2. The Kier molecular flexibility index (Phi) is 4.34. The van der Waals surface area contributed by atoms with Crippen LogP contribution in [0, 0.1) is 0 Å². The zero-order chi connectivity index (χ0) is 17.2. The van der Waals surface area contributed by atoms with E-state index in [1.54, 1.807) is 12.2 Å². The number of nitrogens with zero attached hydrogens (tertiary/aromatic N) is 2. The van der Waals surface area contributed by atoms with Crippen molar-refractivity contribution in [3.05, 3.63) is 29.8 Å². The molecule has 0 aliphatic carbocycles. The second-order valence-corrected chi connectivity index (χ2v) is 6.69. The fourth-order valence-electron chi connectivity index (χ4n) is 3.74. The normalized spacial score (nSPS) is 20.7. The molecule has 25 heavy (non-hydrogen) atoms. The second kappa shape index (κ2) is 6.78. The first-order valence-electron chi connectivity index (χ1n) is 8.87. The van der Waals surface area contributed by atoms with Crippen molar-refractivity contribution in [1.29, 1.82) is 0 Å². The molecule has 0 aromatic heterocycles. The highest BCUT2D eigenvalue weighted by atomic mass is 16.7. The topological polar surface area (TPSA) is 59.1 Å². The van der Waals surface area contributed by atoms with Crippen LogP contribution >= 0.6 is 0 Å². The molecule has 0 atom stereocenters. The number of hydrogen-bond acceptors (Lipinski definition) is 4. The molecule has 3 aliphatic rings. The third-order valence-electron chi connectivity index (χ3n) is 5.14. The van der Waals surface area contributed by atoms with Gasteiger partial charge in [0.15, 0.2) is 11.5 Å². The second-order valence-electron chi connectivity index (χ2n) is 6.69. The van der Waals surface area contributed by atoms with Gasteiger partial charge >= 0.3 is 0 Å². The number of likely N-dealkylation sites (tertiary alicyclic amines) is 2. The Morgan fingerprint density at radius 1 is 1.12 bits per heavy atom. The van der Waals surface area contributed by atoms with Crippen LogP contribution in [0.1, 0.15) is 31.2 Å². The Morgan fingerprint density at radius 3 is 2.68 bits per heavy atom. The highest BCUT2D eigenvalue weighted by Crippen LogP contribution is 2.32. The number of fused-ring (bicyclic) bond motifs is 1. The van der Waals surface area contributed by atoms with E-state index in [-0.39, 0.29) is 18.6 Å². The fraction of sp³-hybridized carbons (Fsp3) is 0.474. The summed E-state index contributed by atoms with van der Waals surface area (Å²) < 4.78 is 10.6. The van der Waals surface area contributed by atoms with Crippen LogP contribution in [-0.2, 0) is 9.59 Å². The minimum atomic E-state index is 0.0175. The van der Waals surface area contributed by atoms with Gasteiger partial charge in [0.2, 0.25) is 18.6 Å². The molecule has 0 bridgehead atoms. The predicted octanol–water partition coefficient (Wildman–Crippen LogP) is 2.04. The van der Waals surface area contributed by atoms with Gasteiger partial charge in [-0.1, -0.05) is 6.07 Å². The molecular weight excluding hydrogens is 320 g/mol. The van der Waals surface area contributed by atoms with Gasteiger partial charge in [0.25, 0.3) is 0 Å². The molecule has 0 unspecified atom stereocenters. The summed E-state index contributed by atoms with van der Waals surface area (Å²) in [7, 11) is 0. The summed E-state index contributed by atoms with van der Waals surface area (Å²) in [6, 6.07) is 5.93. The Morgan fingerprint density at radius 2 is 1.92 bits per heavy atom. The van der Waals surface area contributed by atoms with Gasteiger partial charge in [0, 0.05) is 38.2 Å². The summed E-state index contributed by atoms with van der Waals surface area (Å²) in [5, 5.41) is 0. The van der Waals surface area contributed by atoms with Gasteiger partial charge in [-0.05, 0) is 43.0 Å². The Hall–Kier alpha value is -2.50. The molecule has 6 nitrogen and oxygen atoms in total. The maximum atomic E-state index is 12.4. The molecule has 0 radical (unpaired) electrons. The van der Waals surface area contributed by atoms with Crippen LogP contribution in [0.2, 0.25) is 0 Å². The first-order chi connectivity index (χ1) is 12.2. The zero-order valence-electron chi connectivity index (χ0n) is 14.1. The van der Waals surface area contributed by atoms with Crippen LogP contribution in [0.5, 0.6) is 11.5 Å². The van der Waals surface area contributed by atoms with Gasteiger partial charge in [-0.2, -0.15) is 0 Å². The molecule has 0 saturated carbocycles. The molecule has 1 aromatic rings. The van der Waals surface area contributed by atoms with Gasteiger partial charge in [-0.15, -0.1) is 0 Å². The Bertz CT molecular complexity index is 707. The first kappa shape index (κ1) is 16.0. The lowest BCUT2D eigenvalue weighted by Gasteiger charge is -2.36. The summed E-state index contributed by atoms with van der Waals surface area (Å²) >= 11 is 0. The van der Waals surface area contributed by atoms with Crippen molar-refractivity contribution in [1.82, 2.24) is 9.80 Å². The average molecular weight is 342 g/mol. The molecule has 4 rings (SSSR count). The summed E-state index contributed by atoms with van der Waals surface area (Å²) in [5.41, 5.74) is 0.912. The number of benzene rings is 1. The number of ether oxygens (including phenoxy) is 2. The molecule has 1 aromatic carbocycles. The molecule has 0 N–H and O–H groups in total. The van der Waals surface area contributed by atoms with E-state index in [2.05, 4.69) is 0 Å². The fourth-order valence-corrected chi connectivity index (χ4v) is 3.74. The lowest BCUT2D eigenvalue weighted by Crippen LogP contribution is -2.46. The maximum Gasteiger partial charge on any atom is 0.246 e. The van der Waals surface area contributed by atoms with E-state index in [1.807, 2.05) is 28.0 Å². The number of rotatable bonds is 3. The van der Waals surface area contributed by atoms with Gasteiger partial charge in [0.05, 0.1) is 0 Å². The highest BCUT2D eigenvalue weighted by molar-refractivity contribution is 5.92. The van der Waals surface area contributed by atoms with Crippen molar-refractivity contribution in [3.8, 4) is 11.5 Å². The molecule has 3 heterocycles. The van der Waals surface area contributed by atoms with E-state index in [4.69, 9.17) is 9.47 Å². The summed E-state index contributed by atoms with van der Waals surface area (Å²) in [4.78, 5) is 28.1. The van der Waals surface area contributed by atoms with Crippen LogP contribution in [0.3, 0.4) is 0 Å². The van der Waals surface area contributed by atoms with Crippen molar-refractivity contribution >= 4 is 17.9 Å². The number of hydrogen-bond donors (Lipinski definition) is 0. The predicted molar refractivity (Wildman–Crippen MR) is 92.1 cm³/mol. The maximum absolute atomic E-state index is 12.4. The van der Waals surface area contributed by atoms with Crippen LogP contribution < -0.4 is 9.47 Å². The van der Waals surface area contributed by atoms with Crippen molar-refractivity contribution in [2.75, 3.05) is 26.4 Å². The van der Waals surface area contributed by atoms with Crippen LogP contribution in [-0.4, -0.2) is 54.1 Å². The number of carbonyl (C=O) groups is 2. The lowest BCUT2D eigenvalue weighted by atomic mass is 10.0. The molecule has 6 heteroatoms. The highest BCUT2D eigenvalue weighted by Gasteiger charge is 2.31. The van der Waals surface area contributed by atoms with Crippen molar-refractivity contribution in [3.63, 3.8) is 0 Å². The third-order valence-corrected chi connectivity index (χ3v) is 5.14. The van der Waals surface area contributed by atoms with E-state index in [0.717, 1.165) is 37.1 Å². The molecule has 2 amide bonds. The van der Waals surface area contributed by atoms with Gasteiger partial charge in [-0.3, -0.25) is 9.59 Å². The quantitative estimate of drug-likeness (QED) is 0.789. The zero-order valence-corrected chi connectivity index (χ0v) is 14.1. The Labute approximate surface area is 147 Å². The van der Waals surface area contributed by atoms with Crippen molar-refractivity contribution < 1.29 is 19.1 Å². The standard InChI is InChI=1S/C19H22N2O4/c22-18(6-4-14-3-5-16-17(12-14)25-13-24-16)20-10-7-15(8-11-20)21-9-1-2-19(21)23/h3-6,12,15H,1-2,7-11,13H2/b6-4+. The molecular formula is C19H22N2O4. The minimum absolute atomic E-state index is 0.0175. The lowest BCUT2D eigenvalue weighted by molar-refractivity contribution is -0.132. The van der Waals surface area contributed by atoms with E-state index in [1.165, 1.54) is 0 Å². The molecule has 132 valence electrons. The molecule has 2 fully saturated rings. The van der Waals surface area contributed by atoms with Crippen LogP contribution in [0.25, 0.3) is 6.08 Å².